The number of hydrogen-bond donors (Lipinski definition) is 2. The van der Waals surface area contributed by atoms with Gasteiger partial charge in [0.15, 0.2) is 0 Å². The molecule has 0 spiro atoms. The molecule has 0 radical (unpaired) electrons. The molecule has 2 aromatic rings. The minimum absolute atomic E-state index is 0.252. The van der Waals surface area contributed by atoms with E-state index in [0.717, 1.165) is 33.5 Å². The van der Waals surface area contributed by atoms with E-state index in [1.807, 2.05) is 25.1 Å². The first-order chi connectivity index (χ1) is 10.0. The van der Waals surface area contributed by atoms with Crippen molar-refractivity contribution < 1.29 is 9.84 Å². The molecule has 0 aromatic heterocycles. The van der Waals surface area contributed by atoms with Gasteiger partial charge in [-0.1, -0.05) is 28.9 Å². The Balaban J connectivity index is 2.25. The Kier molecular flexibility index (Phi) is 5.09. The zero-order valence-electron chi connectivity index (χ0n) is 12.1. The topological polar surface area (TPSA) is 58.7 Å². The summed E-state index contributed by atoms with van der Waals surface area (Å²) < 4.78 is 6.87. The second-order valence-corrected chi connectivity index (χ2v) is 5.64. The molecule has 2 rings (SSSR count). The minimum atomic E-state index is 0.252. The first-order valence-corrected chi connectivity index (χ1v) is 7.52. The Morgan fingerprint density at radius 3 is 2.71 bits per heavy atom. The van der Waals surface area contributed by atoms with Crippen LogP contribution in [0.5, 0.6) is 11.5 Å². The lowest BCUT2D eigenvalue weighted by Crippen LogP contribution is -2.26. The zero-order valence-corrected chi connectivity index (χ0v) is 13.7. The molecule has 0 unspecified atom stereocenters. The van der Waals surface area contributed by atoms with E-state index in [1.54, 1.807) is 30.3 Å². The van der Waals surface area contributed by atoms with E-state index in [1.165, 1.54) is 0 Å². The summed E-state index contributed by atoms with van der Waals surface area (Å²) in [6, 6.07) is 11.0. The highest BCUT2D eigenvalue weighted by Gasteiger charge is 2.11. The molecule has 0 heterocycles. The second kappa shape index (κ2) is 6.83. The third-order valence-electron chi connectivity index (χ3n) is 3.27. The average molecular weight is 351 g/mol. The highest BCUT2D eigenvalue weighted by molar-refractivity contribution is 9.10. The van der Waals surface area contributed by atoms with Crippen LogP contribution in [0.3, 0.4) is 0 Å². The summed E-state index contributed by atoms with van der Waals surface area (Å²) in [6.45, 7) is 2.43. The Morgan fingerprint density at radius 1 is 1.29 bits per heavy atom. The molecular weight excluding hydrogens is 332 g/mol. The van der Waals surface area contributed by atoms with Crippen molar-refractivity contribution in [3.63, 3.8) is 0 Å². The third kappa shape index (κ3) is 3.68. The predicted octanol–water partition coefficient (Wildman–Crippen LogP) is 3.61. The lowest BCUT2D eigenvalue weighted by Gasteiger charge is -2.19. The summed E-state index contributed by atoms with van der Waals surface area (Å²) in [4.78, 5) is 0. The number of ether oxygens (including phenoxy) is 1. The van der Waals surface area contributed by atoms with Crippen LogP contribution in [0.2, 0.25) is 0 Å². The van der Waals surface area contributed by atoms with Crippen LogP contribution in [0.1, 0.15) is 18.1 Å². The van der Waals surface area contributed by atoms with Gasteiger partial charge in [-0.2, -0.15) is 0 Å². The Labute approximate surface area is 133 Å². The van der Waals surface area contributed by atoms with Gasteiger partial charge >= 0.3 is 0 Å². The average Bonchev–Trinajstić information content (AvgIpc) is 2.46. The maximum absolute atomic E-state index is 9.53. The predicted molar refractivity (Wildman–Crippen MR) is 88.5 cm³/mol. The fourth-order valence-corrected chi connectivity index (χ4v) is 2.62. The number of phenolic OH excluding ortho intramolecular Hbond substituents is 1. The Morgan fingerprint density at radius 2 is 2.05 bits per heavy atom. The maximum Gasteiger partial charge on any atom is 0.123 e. The number of hydrogen-bond acceptors (Lipinski definition) is 4. The van der Waals surface area contributed by atoms with Crippen molar-refractivity contribution in [2.24, 2.45) is 5.84 Å². The van der Waals surface area contributed by atoms with Crippen molar-refractivity contribution in [2.45, 2.75) is 20.0 Å². The normalized spacial score (nSPS) is 10.5. The van der Waals surface area contributed by atoms with Crippen molar-refractivity contribution in [3.05, 3.63) is 52.0 Å². The fourth-order valence-electron chi connectivity index (χ4n) is 2.15. The number of rotatable bonds is 5. The summed E-state index contributed by atoms with van der Waals surface area (Å²) >= 11 is 3.53. The first-order valence-electron chi connectivity index (χ1n) is 6.73. The van der Waals surface area contributed by atoms with Crippen LogP contribution < -0.4 is 15.6 Å². The second-order valence-electron chi connectivity index (χ2n) is 4.78. The summed E-state index contributed by atoms with van der Waals surface area (Å²) in [7, 11) is 1.79. The van der Waals surface area contributed by atoms with Crippen LogP contribution in [-0.2, 0) is 13.0 Å². The Bertz CT molecular complexity index is 630. The summed E-state index contributed by atoms with van der Waals surface area (Å²) in [5.74, 6) is 6.88. The van der Waals surface area contributed by atoms with Gasteiger partial charge in [0, 0.05) is 17.1 Å². The summed E-state index contributed by atoms with van der Waals surface area (Å²) in [5, 5.41) is 11.1. The molecule has 5 heteroatoms. The molecule has 0 aliphatic rings. The van der Waals surface area contributed by atoms with E-state index >= 15 is 0 Å². The van der Waals surface area contributed by atoms with Gasteiger partial charge in [-0.25, -0.2) is 5.84 Å². The molecule has 0 saturated carbocycles. The minimum Gasteiger partial charge on any atom is -0.508 e. The van der Waals surface area contributed by atoms with Crippen LogP contribution in [0, 0.1) is 0 Å². The number of hydrazine groups is 1. The van der Waals surface area contributed by atoms with Gasteiger partial charge in [0.05, 0.1) is 5.69 Å². The number of aryl methyl sites for hydroxylation is 1. The van der Waals surface area contributed by atoms with E-state index in [-0.39, 0.29) is 5.75 Å². The quantitative estimate of drug-likeness (QED) is 0.638. The summed E-state index contributed by atoms with van der Waals surface area (Å²) in [5.41, 5.74) is 2.86. The van der Waals surface area contributed by atoms with E-state index in [9.17, 15) is 5.11 Å². The molecular formula is C16H19BrN2O2. The van der Waals surface area contributed by atoms with E-state index in [2.05, 4.69) is 15.9 Å². The Hall–Kier alpha value is -1.72. The number of phenols is 1. The van der Waals surface area contributed by atoms with Crippen molar-refractivity contribution in [3.8, 4) is 11.5 Å². The molecule has 0 amide bonds. The van der Waals surface area contributed by atoms with E-state index in [0.29, 0.717) is 6.61 Å². The lowest BCUT2D eigenvalue weighted by atomic mass is 10.1. The van der Waals surface area contributed by atoms with Crippen LogP contribution in [-0.4, -0.2) is 12.2 Å². The largest absolute Gasteiger partial charge is 0.508 e. The monoisotopic (exact) mass is 350 g/mol. The molecule has 0 atom stereocenters. The zero-order chi connectivity index (χ0) is 15.4. The third-order valence-corrected chi connectivity index (χ3v) is 4.01. The number of nitrogens with zero attached hydrogens (tertiary/aromatic N) is 1. The molecule has 4 nitrogen and oxygen atoms in total. The molecule has 0 saturated heterocycles. The standard InChI is InChI=1S/C16H19BrN2O2/c1-3-11-9-12(20)7-8-16(11)21-10-13-14(17)5-4-6-15(13)19(2)18/h4-9,20H,3,10,18H2,1-2H3. The number of halogens is 1. The van der Waals surface area contributed by atoms with Gasteiger partial charge in [-0.15, -0.1) is 0 Å². The number of benzene rings is 2. The molecule has 2 aromatic carbocycles. The van der Waals surface area contributed by atoms with Crippen molar-refractivity contribution in [1.29, 1.82) is 0 Å². The SMILES string of the molecule is CCc1cc(O)ccc1OCc1c(Br)cccc1N(C)N. The number of aromatic hydroxyl groups is 1. The number of anilines is 1. The smallest absolute Gasteiger partial charge is 0.123 e. The molecule has 112 valence electrons. The summed E-state index contributed by atoms with van der Waals surface area (Å²) in [6.07, 6.45) is 0.795. The molecule has 3 N–H and O–H groups in total. The van der Waals surface area contributed by atoms with Gasteiger partial charge in [-0.3, -0.25) is 0 Å². The van der Waals surface area contributed by atoms with E-state index < -0.39 is 0 Å². The first kappa shape index (κ1) is 15.7. The van der Waals surface area contributed by atoms with Crippen LogP contribution in [0.25, 0.3) is 0 Å². The molecule has 0 bridgehead atoms. The lowest BCUT2D eigenvalue weighted by molar-refractivity contribution is 0.302. The van der Waals surface area contributed by atoms with Crippen molar-refractivity contribution in [1.82, 2.24) is 0 Å². The van der Waals surface area contributed by atoms with Crippen molar-refractivity contribution in [2.75, 3.05) is 12.1 Å². The molecule has 0 fully saturated rings. The van der Waals surface area contributed by atoms with Crippen LogP contribution in [0.4, 0.5) is 5.69 Å². The molecule has 0 aliphatic heterocycles. The van der Waals surface area contributed by atoms with Gasteiger partial charge in [0.2, 0.25) is 0 Å². The number of nitrogens with two attached hydrogens (primary N) is 1. The molecule has 0 aliphatic carbocycles. The van der Waals surface area contributed by atoms with Gasteiger partial charge in [0.25, 0.3) is 0 Å². The van der Waals surface area contributed by atoms with Crippen LogP contribution >= 0.6 is 15.9 Å². The maximum atomic E-state index is 9.53. The highest BCUT2D eigenvalue weighted by atomic mass is 79.9. The van der Waals surface area contributed by atoms with E-state index in [4.69, 9.17) is 10.6 Å². The molecule has 21 heavy (non-hydrogen) atoms. The van der Waals surface area contributed by atoms with Gasteiger partial charge < -0.3 is 14.9 Å². The fraction of sp³-hybridized carbons (Fsp3) is 0.250. The van der Waals surface area contributed by atoms with Crippen molar-refractivity contribution >= 4 is 21.6 Å². The van der Waals surface area contributed by atoms with Crippen LogP contribution in [0.15, 0.2) is 40.9 Å². The van der Waals surface area contributed by atoms with Gasteiger partial charge in [-0.05, 0) is 42.3 Å². The van der Waals surface area contributed by atoms with Gasteiger partial charge in [0.1, 0.15) is 18.1 Å². The highest BCUT2D eigenvalue weighted by Crippen LogP contribution is 2.29.